The van der Waals surface area contributed by atoms with E-state index in [0.29, 0.717) is 10.9 Å². The highest BCUT2D eigenvalue weighted by molar-refractivity contribution is 7.99. The molecule has 1 aromatic carbocycles. The number of nitrogens with zero attached hydrogens (tertiary/aromatic N) is 2. The second kappa shape index (κ2) is 5.61. The summed E-state index contributed by atoms with van der Waals surface area (Å²) in [5, 5.41) is 6.93. The van der Waals surface area contributed by atoms with Gasteiger partial charge in [-0.15, -0.1) is 5.10 Å². The lowest BCUT2D eigenvalue weighted by Crippen LogP contribution is -2.18. The predicted molar refractivity (Wildman–Crippen MR) is 75.1 cm³/mol. The number of nitrogens with two attached hydrogens (primary N) is 1. The topological polar surface area (TPSA) is 76.7 Å². The van der Waals surface area contributed by atoms with E-state index >= 15 is 0 Å². The van der Waals surface area contributed by atoms with E-state index in [2.05, 4.69) is 10.2 Å². The van der Waals surface area contributed by atoms with E-state index in [0.717, 1.165) is 18.9 Å². The molecule has 1 aliphatic rings. The molecule has 5 nitrogen and oxygen atoms in total. The van der Waals surface area contributed by atoms with Gasteiger partial charge in [-0.25, -0.2) is 18.7 Å². The molecule has 2 aromatic rings. The molecule has 112 valence electrons. The molecule has 0 amide bonds. The van der Waals surface area contributed by atoms with Crippen LogP contribution in [0.5, 0.6) is 0 Å². The largest absolute Gasteiger partial charge is 0.344 e. The molecule has 1 aromatic heterocycles. The summed E-state index contributed by atoms with van der Waals surface area (Å²) >= 11 is 1.29. The lowest BCUT2D eigenvalue weighted by molar-refractivity contribution is 0.563. The molecular weight excluding hydrogens is 298 g/mol. The molecule has 0 bridgehead atoms. The number of benzene rings is 1. The number of aromatic amines is 1. The smallest absolute Gasteiger partial charge is 0.323 e. The molecule has 1 heterocycles. The summed E-state index contributed by atoms with van der Waals surface area (Å²) in [6.45, 7) is 0. The number of thioether (sulfide) groups is 1. The van der Waals surface area contributed by atoms with E-state index in [4.69, 9.17) is 5.73 Å². The van der Waals surface area contributed by atoms with Crippen LogP contribution in [-0.4, -0.2) is 20.5 Å². The molecule has 0 spiro atoms. The van der Waals surface area contributed by atoms with Gasteiger partial charge in [0.25, 0.3) is 0 Å². The number of H-pyrrole nitrogens is 1. The number of rotatable bonds is 5. The molecule has 0 radical (unpaired) electrons. The summed E-state index contributed by atoms with van der Waals surface area (Å²) in [7, 11) is 0. The normalized spacial score (nSPS) is 16.1. The van der Waals surface area contributed by atoms with E-state index in [9.17, 15) is 13.6 Å². The van der Waals surface area contributed by atoms with Crippen LogP contribution in [0.2, 0.25) is 0 Å². The van der Waals surface area contributed by atoms with Crippen LogP contribution >= 0.6 is 11.8 Å². The van der Waals surface area contributed by atoms with Gasteiger partial charge in [0.1, 0.15) is 11.6 Å². The molecule has 1 fully saturated rings. The Hall–Kier alpha value is -1.67. The minimum absolute atomic E-state index is 0.206. The number of aromatic nitrogens is 3. The van der Waals surface area contributed by atoms with Crippen LogP contribution in [0.15, 0.2) is 28.2 Å². The third-order valence-corrected chi connectivity index (χ3v) is 4.41. The van der Waals surface area contributed by atoms with E-state index < -0.39 is 17.7 Å². The van der Waals surface area contributed by atoms with Crippen LogP contribution in [-0.2, 0) is 0 Å². The number of nitrogens with one attached hydrogen (secondary N) is 1. The third kappa shape index (κ3) is 3.01. The summed E-state index contributed by atoms with van der Waals surface area (Å²) in [6.07, 6.45) is 1.93. The number of hydrogen-bond donors (Lipinski definition) is 2. The van der Waals surface area contributed by atoms with Crippen molar-refractivity contribution in [1.29, 1.82) is 0 Å². The van der Waals surface area contributed by atoms with Gasteiger partial charge in [-0.2, -0.15) is 0 Å². The summed E-state index contributed by atoms with van der Waals surface area (Å²) < 4.78 is 28.1. The molecule has 1 saturated carbocycles. The van der Waals surface area contributed by atoms with Crippen molar-refractivity contribution < 1.29 is 8.78 Å². The van der Waals surface area contributed by atoms with Crippen LogP contribution < -0.4 is 11.4 Å². The Labute approximate surface area is 123 Å². The predicted octanol–water partition coefficient (Wildman–Crippen LogP) is 1.98. The Bertz CT molecular complexity index is 710. The van der Waals surface area contributed by atoms with Gasteiger partial charge in [-0.05, 0) is 18.9 Å². The Morgan fingerprint density at radius 3 is 2.90 bits per heavy atom. The first-order valence-electron chi connectivity index (χ1n) is 6.56. The van der Waals surface area contributed by atoms with Crippen LogP contribution in [0.4, 0.5) is 8.78 Å². The fourth-order valence-electron chi connectivity index (χ4n) is 2.10. The Morgan fingerprint density at radius 1 is 1.48 bits per heavy atom. The van der Waals surface area contributed by atoms with E-state index in [1.165, 1.54) is 23.9 Å². The molecule has 3 rings (SSSR count). The minimum Gasteiger partial charge on any atom is -0.323 e. The fraction of sp³-hybridized carbons (Fsp3) is 0.385. The quantitative estimate of drug-likeness (QED) is 0.828. The Balaban J connectivity index is 1.71. The summed E-state index contributed by atoms with van der Waals surface area (Å²) in [4.78, 5) is 11.6. The summed E-state index contributed by atoms with van der Waals surface area (Å²) in [5.74, 6) is -0.949. The van der Waals surface area contributed by atoms with Crippen molar-refractivity contribution in [2.45, 2.75) is 30.1 Å². The van der Waals surface area contributed by atoms with Gasteiger partial charge in [-0.3, -0.25) is 4.57 Å². The highest BCUT2D eigenvalue weighted by Gasteiger charge is 2.28. The molecule has 8 heteroatoms. The van der Waals surface area contributed by atoms with Crippen LogP contribution in [0.25, 0.3) is 0 Å². The average Bonchev–Trinajstić information content (AvgIpc) is 3.20. The van der Waals surface area contributed by atoms with Crippen molar-refractivity contribution in [2.75, 3.05) is 5.75 Å². The summed E-state index contributed by atoms with van der Waals surface area (Å²) in [6, 6.07) is 2.94. The molecule has 21 heavy (non-hydrogen) atoms. The zero-order valence-electron chi connectivity index (χ0n) is 11.1. The number of hydrogen-bond acceptors (Lipinski definition) is 4. The van der Waals surface area contributed by atoms with Crippen LogP contribution in [0.3, 0.4) is 0 Å². The van der Waals surface area contributed by atoms with Gasteiger partial charge in [0.2, 0.25) is 0 Å². The fourth-order valence-corrected chi connectivity index (χ4v) is 3.09. The van der Waals surface area contributed by atoms with Crippen molar-refractivity contribution in [3.05, 3.63) is 45.9 Å². The number of halogens is 2. The first-order chi connectivity index (χ1) is 10.1. The van der Waals surface area contributed by atoms with E-state index in [1.807, 2.05) is 0 Å². The first kappa shape index (κ1) is 14.3. The van der Waals surface area contributed by atoms with Crippen molar-refractivity contribution in [3.8, 4) is 0 Å². The molecule has 1 atom stereocenters. The molecule has 0 saturated heterocycles. The SMILES string of the molecule is NC(CSc1n[nH]c(=O)n1C1CC1)c1ccc(F)cc1F. The van der Waals surface area contributed by atoms with Gasteiger partial charge >= 0.3 is 5.69 Å². The maximum atomic E-state index is 13.6. The van der Waals surface area contributed by atoms with Crippen molar-refractivity contribution in [3.63, 3.8) is 0 Å². The highest BCUT2D eigenvalue weighted by Crippen LogP contribution is 2.36. The lowest BCUT2D eigenvalue weighted by atomic mass is 10.1. The molecule has 3 N–H and O–H groups in total. The zero-order chi connectivity index (χ0) is 15.0. The highest BCUT2D eigenvalue weighted by atomic mass is 32.2. The maximum absolute atomic E-state index is 13.6. The molecule has 0 aliphatic heterocycles. The van der Waals surface area contributed by atoms with Gasteiger partial charge in [0.05, 0.1) is 0 Å². The monoisotopic (exact) mass is 312 g/mol. The summed E-state index contributed by atoms with van der Waals surface area (Å²) in [5.41, 5.74) is 5.95. The lowest BCUT2D eigenvalue weighted by Gasteiger charge is -2.12. The Kier molecular flexibility index (Phi) is 3.81. The maximum Gasteiger partial charge on any atom is 0.344 e. The minimum atomic E-state index is -0.662. The van der Waals surface area contributed by atoms with Gasteiger partial charge in [0, 0.05) is 29.5 Å². The van der Waals surface area contributed by atoms with Crippen molar-refractivity contribution >= 4 is 11.8 Å². The first-order valence-corrected chi connectivity index (χ1v) is 7.55. The van der Waals surface area contributed by atoms with Crippen molar-refractivity contribution in [2.24, 2.45) is 5.73 Å². The van der Waals surface area contributed by atoms with Crippen LogP contribution in [0.1, 0.15) is 30.5 Å². The van der Waals surface area contributed by atoms with Gasteiger partial charge in [-0.1, -0.05) is 17.8 Å². The van der Waals surface area contributed by atoms with Gasteiger partial charge < -0.3 is 5.73 Å². The van der Waals surface area contributed by atoms with Crippen molar-refractivity contribution in [1.82, 2.24) is 14.8 Å². The van der Waals surface area contributed by atoms with E-state index in [-0.39, 0.29) is 17.3 Å². The zero-order valence-corrected chi connectivity index (χ0v) is 11.9. The van der Waals surface area contributed by atoms with Gasteiger partial charge in [0.15, 0.2) is 5.16 Å². The standard InChI is InChI=1S/C13H14F2N4OS/c14-7-1-4-9(10(15)5-7)11(16)6-21-13-18-17-12(20)19(13)8-2-3-8/h1,4-5,8,11H,2-3,6,16H2,(H,17,20). The Morgan fingerprint density at radius 2 is 2.24 bits per heavy atom. The third-order valence-electron chi connectivity index (χ3n) is 3.34. The second-order valence-electron chi connectivity index (χ2n) is 5.00. The van der Waals surface area contributed by atoms with Crippen LogP contribution in [0, 0.1) is 11.6 Å². The van der Waals surface area contributed by atoms with E-state index in [1.54, 1.807) is 4.57 Å². The average molecular weight is 312 g/mol. The molecule has 1 unspecified atom stereocenters. The molecule has 1 aliphatic carbocycles. The molecular formula is C13H14F2N4OS. The second-order valence-corrected chi connectivity index (χ2v) is 5.98.